The van der Waals surface area contributed by atoms with E-state index < -0.39 is 11.2 Å². The maximum absolute atomic E-state index is 12.7. The van der Waals surface area contributed by atoms with Crippen LogP contribution < -0.4 is 11.2 Å². The van der Waals surface area contributed by atoms with E-state index in [1.165, 1.54) is 4.57 Å². The summed E-state index contributed by atoms with van der Waals surface area (Å²) in [5.74, 6) is 0.458. The van der Waals surface area contributed by atoms with E-state index in [0.29, 0.717) is 22.5 Å². The molecule has 0 aliphatic carbocycles. The lowest BCUT2D eigenvalue weighted by atomic mass is 10.2. The fourth-order valence-corrected chi connectivity index (χ4v) is 3.75. The summed E-state index contributed by atoms with van der Waals surface area (Å²) >= 11 is 12.2. The fraction of sp³-hybridized carbons (Fsp3) is 0.300. The van der Waals surface area contributed by atoms with Gasteiger partial charge in [-0.3, -0.25) is 18.9 Å². The molecule has 0 aliphatic rings. The van der Waals surface area contributed by atoms with E-state index in [1.54, 1.807) is 28.4 Å². The second-order valence-electron chi connectivity index (χ2n) is 6.98. The highest BCUT2D eigenvalue weighted by Crippen LogP contribution is 2.25. The Balaban J connectivity index is 2.03. The summed E-state index contributed by atoms with van der Waals surface area (Å²) in [5.41, 5.74) is 2.25. The Hall–Kier alpha value is -2.84. The third-order valence-electron chi connectivity index (χ3n) is 5.06. The minimum absolute atomic E-state index is 0.286. The minimum Gasteiger partial charge on any atom is -0.298 e. The maximum atomic E-state index is 12.7. The van der Waals surface area contributed by atoms with E-state index in [2.05, 4.69) is 15.1 Å². The molecule has 0 atom stereocenters. The van der Waals surface area contributed by atoms with Gasteiger partial charge in [-0.1, -0.05) is 43.1 Å². The molecule has 0 bridgehead atoms. The van der Waals surface area contributed by atoms with Crippen LogP contribution >= 0.6 is 23.2 Å². The van der Waals surface area contributed by atoms with E-state index in [9.17, 15) is 9.59 Å². The third-order valence-corrected chi connectivity index (χ3v) is 5.80. The van der Waals surface area contributed by atoms with Crippen molar-refractivity contribution < 1.29 is 0 Å². The molecule has 10 heteroatoms. The zero-order valence-corrected chi connectivity index (χ0v) is 18.3. The van der Waals surface area contributed by atoms with Gasteiger partial charge in [-0.25, -0.2) is 9.48 Å². The number of H-pyrrole nitrogens is 1. The van der Waals surface area contributed by atoms with Crippen molar-refractivity contribution >= 4 is 34.4 Å². The van der Waals surface area contributed by atoms with Crippen molar-refractivity contribution in [1.29, 1.82) is 0 Å². The molecule has 30 heavy (non-hydrogen) atoms. The van der Waals surface area contributed by atoms with Crippen LogP contribution in [0.15, 0.2) is 33.9 Å². The van der Waals surface area contributed by atoms with Crippen molar-refractivity contribution in [1.82, 2.24) is 28.9 Å². The summed E-state index contributed by atoms with van der Waals surface area (Å²) < 4.78 is 4.81. The number of hydrogen-bond donors (Lipinski definition) is 1. The second kappa shape index (κ2) is 7.77. The summed E-state index contributed by atoms with van der Waals surface area (Å²) in [6, 6.07) is 7.31. The number of hydrogen-bond acceptors (Lipinski definition) is 4. The van der Waals surface area contributed by atoms with Crippen molar-refractivity contribution in [3.63, 3.8) is 0 Å². The Morgan fingerprint density at radius 3 is 2.50 bits per heavy atom. The number of aromatic nitrogens is 6. The quantitative estimate of drug-likeness (QED) is 0.509. The summed E-state index contributed by atoms with van der Waals surface area (Å²) in [7, 11) is 1.57. The average molecular weight is 447 g/mol. The Morgan fingerprint density at radius 2 is 1.83 bits per heavy atom. The molecule has 0 unspecified atom stereocenters. The van der Waals surface area contributed by atoms with Crippen LogP contribution in [0.4, 0.5) is 0 Å². The van der Waals surface area contributed by atoms with Gasteiger partial charge in [-0.2, -0.15) is 10.1 Å². The van der Waals surface area contributed by atoms with E-state index in [0.717, 1.165) is 29.8 Å². The van der Waals surface area contributed by atoms with Crippen LogP contribution in [0.2, 0.25) is 10.0 Å². The topological polar surface area (TPSA) is 90.5 Å². The number of rotatable bonds is 5. The number of fused-ring (bicyclic) bond motifs is 1. The van der Waals surface area contributed by atoms with Gasteiger partial charge < -0.3 is 0 Å². The van der Waals surface area contributed by atoms with Crippen molar-refractivity contribution in [3.8, 4) is 5.95 Å². The Bertz CT molecular complexity index is 1380. The molecule has 1 N–H and O–H groups in total. The Morgan fingerprint density at radius 1 is 1.07 bits per heavy atom. The third kappa shape index (κ3) is 3.36. The number of nitrogens with zero attached hydrogens (tertiary/aromatic N) is 5. The van der Waals surface area contributed by atoms with Gasteiger partial charge in [0.05, 0.1) is 22.3 Å². The van der Waals surface area contributed by atoms with Crippen LogP contribution in [0.1, 0.15) is 30.8 Å². The van der Waals surface area contributed by atoms with Crippen LogP contribution in [0.25, 0.3) is 17.1 Å². The molecule has 4 aromatic rings. The molecular weight excluding hydrogens is 427 g/mol. The molecule has 4 rings (SSSR count). The largest absolute Gasteiger partial charge is 0.329 e. The molecule has 0 amide bonds. The molecule has 0 saturated carbocycles. The lowest BCUT2D eigenvalue weighted by Crippen LogP contribution is -2.29. The van der Waals surface area contributed by atoms with Gasteiger partial charge in [0.1, 0.15) is 0 Å². The summed E-state index contributed by atoms with van der Waals surface area (Å²) in [6.07, 6.45) is 1.50. The zero-order chi connectivity index (χ0) is 21.6. The summed E-state index contributed by atoms with van der Waals surface area (Å²) in [4.78, 5) is 31.9. The molecule has 8 nitrogen and oxygen atoms in total. The second-order valence-corrected chi connectivity index (χ2v) is 7.80. The molecule has 0 fully saturated rings. The molecule has 3 heterocycles. The maximum Gasteiger partial charge on any atom is 0.329 e. The number of imidazole rings is 1. The van der Waals surface area contributed by atoms with E-state index in [4.69, 9.17) is 23.2 Å². The Kier molecular flexibility index (Phi) is 5.29. The number of benzene rings is 1. The molecular formula is C20H20Cl2N6O2. The highest BCUT2D eigenvalue weighted by atomic mass is 35.5. The molecule has 0 spiro atoms. The van der Waals surface area contributed by atoms with Gasteiger partial charge in [0, 0.05) is 12.7 Å². The highest BCUT2D eigenvalue weighted by Gasteiger charge is 2.21. The standard InChI is InChI=1S/C20H20Cl2N6O2/c1-4-12-9-13(5-2)28(25-12)19-23-17-16(18(29)24-20(30)26(17)3)27(19)10-11-6-7-14(21)15(22)8-11/h6-9H,4-5,10H2,1-3H3,(H,24,29,30). The van der Waals surface area contributed by atoms with Crippen molar-refractivity contribution in [2.45, 2.75) is 33.2 Å². The predicted octanol–water partition coefficient (Wildman–Crippen LogP) is 3.09. The first-order valence-electron chi connectivity index (χ1n) is 9.55. The summed E-state index contributed by atoms with van der Waals surface area (Å²) in [5, 5.41) is 5.54. The van der Waals surface area contributed by atoms with E-state index >= 15 is 0 Å². The van der Waals surface area contributed by atoms with Gasteiger partial charge in [0.2, 0.25) is 5.95 Å². The normalized spacial score (nSPS) is 11.5. The first-order valence-corrected chi connectivity index (χ1v) is 10.3. The van der Waals surface area contributed by atoms with Crippen LogP contribution in [-0.2, 0) is 26.4 Å². The molecule has 1 aromatic carbocycles. The van der Waals surface area contributed by atoms with Gasteiger partial charge in [0.25, 0.3) is 5.56 Å². The smallest absolute Gasteiger partial charge is 0.298 e. The summed E-state index contributed by atoms with van der Waals surface area (Å²) in [6.45, 7) is 4.36. The lowest BCUT2D eigenvalue weighted by molar-refractivity contribution is 0.687. The average Bonchev–Trinajstić information content (AvgIpc) is 3.30. The first-order chi connectivity index (χ1) is 14.3. The van der Waals surface area contributed by atoms with Crippen LogP contribution in [0, 0.1) is 0 Å². The number of aryl methyl sites for hydroxylation is 3. The highest BCUT2D eigenvalue weighted by molar-refractivity contribution is 6.42. The minimum atomic E-state index is -0.524. The van der Waals surface area contributed by atoms with Gasteiger partial charge in [-0.05, 0) is 36.6 Å². The molecule has 0 aliphatic heterocycles. The molecule has 0 radical (unpaired) electrons. The van der Waals surface area contributed by atoms with E-state index in [-0.39, 0.29) is 11.2 Å². The zero-order valence-electron chi connectivity index (χ0n) is 16.7. The number of halogens is 2. The van der Waals surface area contributed by atoms with Crippen LogP contribution in [0.5, 0.6) is 0 Å². The molecule has 156 valence electrons. The van der Waals surface area contributed by atoms with Gasteiger partial charge in [-0.15, -0.1) is 0 Å². The van der Waals surface area contributed by atoms with Crippen LogP contribution in [-0.4, -0.2) is 28.9 Å². The Labute approximate surface area is 181 Å². The van der Waals surface area contributed by atoms with Crippen LogP contribution in [0.3, 0.4) is 0 Å². The lowest BCUT2D eigenvalue weighted by Gasteiger charge is -2.11. The van der Waals surface area contributed by atoms with Gasteiger partial charge in [0.15, 0.2) is 11.2 Å². The monoisotopic (exact) mass is 446 g/mol. The van der Waals surface area contributed by atoms with Gasteiger partial charge >= 0.3 is 5.69 Å². The fourth-order valence-electron chi connectivity index (χ4n) is 3.43. The number of nitrogens with one attached hydrogen (secondary N) is 1. The number of aromatic amines is 1. The molecule has 0 saturated heterocycles. The SMILES string of the molecule is CCc1cc(CC)n(-c2nc3c(c(=O)[nH]c(=O)n3C)n2Cc2ccc(Cl)c(Cl)c2)n1. The van der Waals surface area contributed by atoms with Crippen molar-refractivity contribution in [3.05, 3.63) is 72.1 Å². The molecule has 3 aromatic heterocycles. The van der Waals surface area contributed by atoms with Crippen molar-refractivity contribution in [2.24, 2.45) is 7.05 Å². The first kappa shape index (κ1) is 20.4. The van der Waals surface area contributed by atoms with Crippen molar-refractivity contribution in [2.75, 3.05) is 0 Å². The predicted molar refractivity (Wildman–Crippen MR) is 117 cm³/mol. The van der Waals surface area contributed by atoms with E-state index in [1.807, 2.05) is 26.0 Å².